The highest BCUT2D eigenvalue weighted by molar-refractivity contribution is 8.00. The van der Waals surface area contributed by atoms with Crippen molar-refractivity contribution in [3.63, 3.8) is 0 Å². The average molecular weight is 447 g/mol. The van der Waals surface area contributed by atoms with Gasteiger partial charge in [-0.1, -0.05) is 32.6 Å². The third-order valence-electron chi connectivity index (χ3n) is 5.88. The highest BCUT2D eigenvalue weighted by Crippen LogP contribution is 2.41. The molecule has 1 aliphatic carbocycles. The Bertz CT molecular complexity index is 805. The highest BCUT2D eigenvalue weighted by atomic mass is 32.2. The fourth-order valence-corrected chi connectivity index (χ4v) is 5.78. The number of benzene rings is 1. The zero-order valence-corrected chi connectivity index (χ0v) is 18.7. The van der Waals surface area contributed by atoms with E-state index in [1.165, 1.54) is 24.6 Å². The van der Waals surface area contributed by atoms with Crippen molar-refractivity contribution in [2.24, 2.45) is 5.92 Å². The van der Waals surface area contributed by atoms with Crippen molar-refractivity contribution in [2.45, 2.75) is 63.3 Å². The quantitative estimate of drug-likeness (QED) is 0.187. The van der Waals surface area contributed by atoms with Crippen molar-refractivity contribution < 1.29 is 19.2 Å². The summed E-state index contributed by atoms with van der Waals surface area (Å²) >= 11 is 1.68. The van der Waals surface area contributed by atoms with Gasteiger partial charge in [-0.25, -0.2) is 4.79 Å². The summed E-state index contributed by atoms with van der Waals surface area (Å²) in [6.45, 7) is 2.42. The Balaban J connectivity index is 1.75. The minimum Gasteiger partial charge on any atom is -0.464 e. The van der Waals surface area contributed by atoms with Crippen molar-refractivity contribution in [2.75, 3.05) is 12.4 Å². The molecule has 0 unspecified atom stereocenters. The lowest BCUT2D eigenvalue weighted by atomic mass is 9.88. The maximum absolute atomic E-state index is 13.2. The number of unbranched alkanes of at least 4 members (excludes halogenated alkanes) is 1. The predicted molar refractivity (Wildman–Crippen MR) is 121 cm³/mol. The van der Waals surface area contributed by atoms with Gasteiger partial charge < -0.3 is 9.64 Å². The second-order valence-electron chi connectivity index (χ2n) is 8.09. The molecule has 1 amide bonds. The lowest BCUT2D eigenvalue weighted by Crippen LogP contribution is -2.48. The summed E-state index contributed by atoms with van der Waals surface area (Å²) in [5, 5.41) is 10.8. The lowest BCUT2D eigenvalue weighted by Gasteiger charge is -2.34. The first-order chi connectivity index (χ1) is 15.0. The molecule has 1 aromatic carbocycles. The van der Waals surface area contributed by atoms with Crippen LogP contribution in [0.3, 0.4) is 0 Å². The number of carbonyl (C=O) groups is 2. The molecule has 2 aliphatic rings. The van der Waals surface area contributed by atoms with Crippen LogP contribution in [0.1, 0.15) is 57.4 Å². The predicted octanol–water partition coefficient (Wildman–Crippen LogP) is 4.80. The van der Waals surface area contributed by atoms with Crippen molar-refractivity contribution in [3.8, 4) is 0 Å². The topological polar surface area (TPSA) is 89.8 Å². The van der Waals surface area contributed by atoms with E-state index in [1.54, 1.807) is 34.9 Å². The van der Waals surface area contributed by atoms with E-state index >= 15 is 0 Å². The van der Waals surface area contributed by atoms with Crippen molar-refractivity contribution in [1.29, 1.82) is 0 Å². The SMILES string of the molecule is CCCCOC(=O)[C@@H]1CS[C@H](C2CCCCC2)N1C(=O)/C=C/c1ccc([N+](=O)[O-])cc1. The lowest BCUT2D eigenvalue weighted by molar-refractivity contribution is -0.384. The molecule has 2 fully saturated rings. The number of nitro benzene ring substituents is 1. The number of ether oxygens (including phenoxy) is 1. The third kappa shape index (κ3) is 6.09. The van der Waals surface area contributed by atoms with Gasteiger partial charge >= 0.3 is 5.97 Å². The molecule has 7 nitrogen and oxygen atoms in total. The zero-order chi connectivity index (χ0) is 22.2. The van der Waals surface area contributed by atoms with Crippen molar-refractivity contribution in [1.82, 2.24) is 4.90 Å². The van der Waals surface area contributed by atoms with E-state index in [9.17, 15) is 19.7 Å². The molecule has 1 aliphatic heterocycles. The van der Waals surface area contributed by atoms with E-state index in [0.717, 1.165) is 38.5 Å². The number of nitro groups is 1. The van der Waals surface area contributed by atoms with Gasteiger partial charge in [0.1, 0.15) is 6.04 Å². The first-order valence-corrected chi connectivity index (χ1v) is 12.1. The Morgan fingerprint density at radius 1 is 1.23 bits per heavy atom. The monoisotopic (exact) mass is 446 g/mol. The Labute approximate surface area is 187 Å². The standard InChI is InChI=1S/C23H30N2O5S/c1-2-3-15-30-23(27)20-16-31-22(18-7-5-4-6-8-18)24(20)21(26)14-11-17-9-12-19(13-10-17)25(28)29/h9-14,18,20,22H,2-8,15-16H2,1H3/b14-11+/t20-,22+/m0/s1. The molecule has 3 rings (SSSR count). The fraction of sp³-hybridized carbons (Fsp3) is 0.565. The van der Waals surface area contributed by atoms with E-state index in [2.05, 4.69) is 0 Å². The Hall–Kier alpha value is -2.35. The molecule has 0 aromatic heterocycles. The molecule has 8 heteroatoms. The van der Waals surface area contributed by atoms with Crippen LogP contribution in [0.15, 0.2) is 30.3 Å². The van der Waals surface area contributed by atoms with Crippen LogP contribution in [0.4, 0.5) is 5.69 Å². The summed E-state index contributed by atoms with van der Waals surface area (Å²) < 4.78 is 5.45. The van der Waals surface area contributed by atoms with Gasteiger partial charge in [0, 0.05) is 24.0 Å². The number of rotatable bonds is 8. The van der Waals surface area contributed by atoms with Gasteiger partial charge in [-0.3, -0.25) is 14.9 Å². The molecule has 1 aromatic rings. The maximum Gasteiger partial charge on any atom is 0.329 e. The number of thioether (sulfide) groups is 1. The molecule has 0 bridgehead atoms. The normalized spacial score (nSPS) is 22.0. The van der Waals surface area contributed by atoms with Gasteiger partial charge in [0.15, 0.2) is 0 Å². The number of hydrogen-bond acceptors (Lipinski definition) is 6. The number of amides is 1. The Morgan fingerprint density at radius 2 is 1.94 bits per heavy atom. The molecule has 0 radical (unpaired) electrons. The van der Waals surface area contributed by atoms with E-state index in [1.807, 2.05) is 6.92 Å². The molecule has 1 saturated heterocycles. The van der Waals surface area contributed by atoms with E-state index in [0.29, 0.717) is 23.8 Å². The van der Waals surface area contributed by atoms with E-state index in [4.69, 9.17) is 4.74 Å². The number of carbonyl (C=O) groups excluding carboxylic acids is 2. The average Bonchev–Trinajstić information content (AvgIpc) is 3.24. The molecule has 0 N–H and O–H groups in total. The summed E-state index contributed by atoms with van der Waals surface area (Å²) in [6, 6.07) is 5.47. The minimum atomic E-state index is -0.567. The summed E-state index contributed by atoms with van der Waals surface area (Å²) in [6.07, 6.45) is 10.6. The van der Waals surface area contributed by atoms with Gasteiger partial charge in [-0.2, -0.15) is 0 Å². The van der Waals surface area contributed by atoms with Gasteiger partial charge in [0.25, 0.3) is 5.69 Å². The molecule has 0 spiro atoms. The zero-order valence-electron chi connectivity index (χ0n) is 17.9. The van der Waals surface area contributed by atoms with Crippen LogP contribution in [-0.2, 0) is 14.3 Å². The fourth-order valence-electron chi connectivity index (χ4n) is 4.14. The second kappa shape index (κ2) is 11.3. The van der Waals surface area contributed by atoms with Crippen LogP contribution in [0.25, 0.3) is 6.08 Å². The smallest absolute Gasteiger partial charge is 0.329 e. The first-order valence-electron chi connectivity index (χ1n) is 11.0. The van der Waals surface area contributed by atoms with Crippen LogP contribution < -0.4 is 0 Å². The molecule has 2 atom stereocenters. The largest absolute Gasteiger partial charge is 0.464 e. The Morgan fingerprint density at radius 3 is 2.58 bits per heavy atom. The molecular formula is C23H30N2O5S. The summed E-state index contributed by atoms with van der Waals surface area (Å²) in [5.41, 5.74) is 0.703. The molecular weight excluding hydrogens is 416 g/mol. The highest BCUT2D eigenvalue weighted by Gasteiger charge is 2.45. The molecule has 31 heavy (non-hydrogen) atoms. The Kier molecular flexibility index (Phi) is 8.51. The van der Waals surface area contributed by atoms with Crippen LogP contribution in [0.5, 0.6) is 0 Å². The van der Waals surface area contributed by atoms with Gasteiger partial charge in [0.05, 0.1) is 16.9 Å². The first kappa shape index (κ1) is 23.3. The van der Waals surface area contributed by atoms with Crippen LogP contribution >= 0.6 is 11.8 Å². The van der Waals surface area contributed by atoms with E-state index < -0.39 is 11.0 Å². The molecule has 168 valence electrons. The minimum absolute atomic E-state index is 0.00618. The second-order valence-corrected chi connectivity index (χ2v) is 9.24. The van der Waals surface area contributed by atoms with Crippen molar-refractivity contribution in [3.05, 3.63) is 46.0 Å². The van der Waals surface area contributed by atoms with Gasteiger partial charge in [-0.15, -0.1) is 11.8 Å². The summed E-state index contributed by atoms with van der Waals surface area (Å²) in [5.74, 6) is 0.417. The van der Waals surface area contributed by atoms with Gasteiger partial charge in [-0.05, 0) is 49.0 Å². The van der Waals surface area contributed by atoms with Crippen LogP contribution in [0.2, 0.25) is 0 Å². The maximum atomic E-state index is 13.2. The van der Waals surface area contributed by atoms with Gasteiger partial charge in [0.2, 0.25) is 5.91 Å². The van der Waals surface area contributed by atoms with Crippen LogP contribution in [0, 0.1) is 16.0 Å². The summed E-state index contributed by atoms with van der Waals surface area (Å²) in [4.78, 5) is 38.0. The van der Waals surface area contributed by atoms with Crippen molar-refractivity contribution >= 4 is 35.4 Å². The number of esters is 1. The molecule has 1 saturated carbocycles. The van der Waals surface area contributed by atoms with Crippen LogP contribution in [-0.4, -0.2) is 45.5 Å². The number of hydrogen-bond donors (Lipinski definition) is 0. The van der Waals surface area contributed by atoms with E-state index in [-0.39, 0.29) is 22.9 Å². The molecule has 1 heterocycles. The number of nitrogens with zero attached hydrogens (tertiary/aromatic N) is 2. The summed E-state index contributed by atoms with van der Waals surface area (Å²) in [7, 11) is 0. The number of non-ortho nitro benzene ring substituents is 1. The third-order valence-corrected chi connectivity index (χ3v) is 7.34.